The Morgan fingerprint density at radius 3 is 3.00 bits per heavy atom. The van der Waals surface area contributed by atoms with Crippen molar-refractivity contribution in [1.82, 2.24) is 0 Å². The molecule has 0 aromatic carbocycles. The first kappa shape index (κ1) is 7.48. The molecule has 0 amide bonds. The lowest BCUT2D eigenvalue weighted by Crippen LogP contribution is -2.04. The summed E-state index contributed by atoms with van der Waals surface area (Å²) in [6.07, 6.45) is 6.28. The molecule has 53 valence electrons. The zero-order chi connectivity index (χ0) is 7.56. The van der Waals surface area contributed by atoms with Crippen molar-refractivity contribution in [2.24, 2.45) is 0 Å². The Morgan fingerprint density at radius 2 is 2.50 bits per heavy atom. The average Bonchev–Trinajstić information content (AvgIpc) is 1.95. The van der Waals surface area contributed by atoms with Crippen LogP contribution in [0.4, 0.5) is 0 Å². The Morgan fingerprint density at radius 1 is 1.80 bits per heavy atom. The normalized spacial score (nSPS) is 18.3. The minimum absolute atomic E-state index is 0.264. The highest BCUT2D eigenvalue weighted by Gasteiger charge is 2.09. The molecule has 0 unspecified atom stereocenters. The van der Waals surface area contributed by atoms with Crippen LogP contribution in [0.5, 0.6) is 0 Å². The fourth-order valence-electron chi connectivity index (χ4n) is 0.870. The maximum Gasteiger partial charge on any atom is 0.133 e. The highest BCUT2D eigenvalue weighted by molar-refractivity contribution is 7.80. The van der Waals surface area contributed by atoms with E-state index in [1.165, 1.54) is 0 Å². The molecule has 1 aliphatic carbocycles. The number of hydrogen-bond donors (Lipinski definition) is 1. The Bertz CT molecular complexity index is 213. The smallest absolute Gasteiger partial charge is 0.133 e. The first-order valence-corrected chi connectivity index (χ1v) is 3.70. The Hall–Kier alpha value is -0.630. The lowest BCUT2D eigenvalue weighted by atomic mass is 10.0. The molecule has 0 bridgehead atoms. The maximum absolute atomic E-state index is 9.29. The van der Waals surface area contributed by atoms with Crippen molar-refractivity contribution < 1.29 is 5.11 Å². The van der Waals surface area contributed by atoms with E-state index in [0.717, 1.165) is 12.0 Å². The van der Waals surface area contributed by atoms with E-state index in [9.17, 15) is 5.11 Å². The second-order valence-electron chi connectivity index (χ2n) is 2.16. The van der Waals surface area contributed by atoms with Crippen molar-refractivity contribution in [3.05, 3.63) is 23.5 Å². The van der Waals surface area contributed by atoms with Gasteiger partial charge >= 0.3 is 0 Å². The zero-order valence-electron chi connectivity index (χ0n) is 5.85. The first-order valence-electron chi connectivity index (χ1n) is 3.29. The SMILES string of the molecule is CCC1=C(O)C(=S)CC=[C]1. The van der Waals surface area contributed by atoms with Gasteiger partial charge in [-0.15, -0.1) is 0 Å². The predicted octanol–water partition coefficient (Wildman–Crippen LogP) is 2.34. The van der Waals surface area contributed by atoms with Crippen LogP contribution in [0.15, 0.2) is 17.4 Å². The van der Waals surface area contributed by atoms with Gasteiger partial charge in [-0.1, -0.05) is 25.2 Å². The Kier molecular flexibility index (Phi) is 2.22. The lowest BCUT2D eigenvalue weighted by Gasteiger charge is -2.08. The first-order chi connectivity index (χ1) is 4.75. The van der Waals surface area contributed by atoms with Crippen LogP contribution in [0.1, 0.15) is 19.8 Å². The number of aliphatic hydroxyl groups is 1. The summed E-state index contributed by atoms with van der Waals surface area (Å²) in [5.41, 5.74) is 0.830. The van der Waals surface area contributed by atoms with E-state index in [1.807, 2.05) is 13.0 Å². The fourth-order valence-corrected chi connectivity index (χ4v) is 1.08. The van der Waals surface area contributed by atoms with Crippen LogP contribution >= 0.6 is 12.2 Å². The van der Waals surface area contributed by atoms with Gasteiger partial charge in [0, 0.05) is 12.0 Å². The van der Waals surface area contributed by atoms with Crippen LogP contribution in [-0.2, 0) is 0 Å². The van der Waals surface area contributed by atoms with Crippen molar-refractivity contribution >= 4 is 17.1 Å². The highest BCUT2D eigenvalue weighted by Crippen LogP contribution is 2.16. The lowest BCUT2D eigenvalue weighted by molar-refractivity contribution is 0.435. The van der Waals surface area contributed by atoms with Gasteiger partial charge in [0.1, 0.15) is 5.76 Å². The maximum atomic E-state index is 9.29. The molecule has 0 saturated carbocycles. The minimum Gasteiger partial charge on any atom is -0.506 e. The zero-order valence-corrected chi connectivity index (χ0v) is 6.66. The molecule has 1 aliphatic rings. The quantitative estimate of drug-likeness (QED) is 0.583. The van der Waals surface area contributed by atoms with E-state index < -0.39 is 0 Å². The molecule has 0 spiro atoms. The van der Waals surface area contributed by atoms with E-state index in [1.54, 1.807) is 0 Å². The molecule has 0 aromatic heterocycles. The molecule has 0 fully saturated rings. The van der Waals surface area contributed by atoms with E-state index in [2.05, 4.69) is 6.08 Å². The van der Waals surface area contributed by atoms with Gasteiger partial charge in [-0.2, -0.15) is 0 Å². The van der Waals surface area contributed by atoms with Crippen molar-refractivity contribution in [2.45, 2.75) is 19.8 Å². The molecule has 0 heterocycles. The summed E-state index contributed by atoms with van der Waals surface area (Å²) in [7, 11) is 0. The van der Waals surface area contributed by atoms with E-state index in [4.69, 9.17) is 12.2 Å². The third-order valence-corrected chi connectivity index (χ3v) is 1.83. The van der Waals surface area contributed by atoms with Gasteiger partial charge in [0.05, 0.1) is 4.86 Å². The van der Waals surface area contributed by atoms with Crippen molar-refractivity contribution in [1.29, 1.82) is 0 Å². The van der Waals surface area contributed by atoms with Gasteiger partial charge in [-0.25, -0.2) is 0 Å². The van der Waals surface area contributed by atoms with E-state index in [0.29, 0.717) is 11.3 Å². The molecule has 0 aliphatic heterocycles. The standard InChI is InChI=1S/C8H9OS/c1-2-6-4-3-5-7(10)8(6)9/h3,9H,2,5H2,1H3. The van der Waals surface area contributed by atoms with Crippen LogP contribution in [0.3, 0.4) is 0 Å². The number of aliphatic hydroxyl groups excluding tert-OH is 1. The molecular weight excluding hydrogens is 144 g/mol. The molecular formula is C8H9OS. The van der Waals surface area contributed by atoms with Crippen LogP contribution in [0.2, 0.25) is 0 Å². The minimum atomic E-state index is 0.264. The molecule has 1 rings (SSSR count). The van der Waals surface area contributed by atoms with Crippen molar-refractivity contribution in [3.8, 4) is 0 Å². The number of rotatable bonds is 1. The number of allylic oxidation sites excluding steroid dienone is 4. The van der Waals surface area contributed by atoms with Gasteiger partial charge in [0.25, 0.3) is 0 Å². The van der Waals surface area contributed by atoms with E-state index in [-0.39, 0.29) is 5.76 Å². The molecule has 0 aromatic rings. The Balaban J connectivity index is 2.93. The summed E-state index contributed by atoms with van der Waals surface area (Å²) in [6, 6.07) is 0. The van der Waals surface area contributed by atoms with Crippen LogP contribution in [0, 0.1) is 6.08 Å². The van der Waals surface area contributed by atoms with Crippen LogP contribution in [0.25, 0.3) is 0 Å². The summed E-state index contributed by atoms with van der Waals surface area (Å²) in [5.74, 6) is 0.264. The summed E-state index contributed by atoms with van der Waals surface area (Å²) in [6.45, 7) is 1.97. The number of hydrogen-bond acceptors (Lipinski definition) is 2. The molecule has 1 N–H and O–H groups in total. The van der Waals surface area contributed by atoms with E-state index >= 15 is 0 Å². The largest absolute Gasteiger partial charge is 0.506 e. The summed E-state index contributed by atoms with van der Waals surface area (Å²) in [5, 5.41) is 9.29. The molecule has 10 heavy (non-hydrogen) atoms. The van der Waals surface area contributed by atoms with Gasteiger partial charge in [0.2, 0.25) is 0 Å². The summed E-state index contributed by atoms with van der Waals surface area (Å²) in [4.78, 5) is 0.635. The topological polar surface area (TPSA) is 20.2 Å². The molecule has 1 nitrogen and oxygen atoms in total. The number of thiocarbonyl (C=S) groups is 1. The van der Waals surface area contributed by atoms with Gasteiger partial charge in [0.15, 0.2) is 0 Å². The molecule has 2 heteroatoms. The highest BCUT2D eigenvalue weighted by atomic mass is 32.1. The second-order valence-corrected chi connectivity index (χ2v) is 2.65. The van der Waals surface area contributed by atoms with Crippen molar-refractivity contribution in [2.75, 3.05) is 0 Å². The van der Waals surface area contributed by atoms with Gasteiger partial charge in [-0.05, 0) is 12.5 Å². The van der Waals surface area contributed by atoms with Crippen molar-refractivity contribution in [3.63, 3.8) is 0 Å². The Labute approximate surface area is 66.1 Å². The molecule has 0 saturated heterocycles. The predicted molar refractivity (Wildman–Crippen MR) is 45.0 cm³/mol. The van der Waals surface area contributed by atoms with Gasteiger partial charge in [-0.3, -0.25) is 0 Å². The monoisotopic (exact) mass is 153 g/mol. The van der Waals surface area contributed by atoms with Gasteiger partial charge < -0.3 is 5.11 Å². The summed E-state index contributed by atoms with van der Waals surface area (Å²) >= 11 is 4.89. The van der Waals surface area contributed by atoms with Crippen LogP contribution in [-0.4, -0.2) is 9.97 Å². The molecule has 1 radical (unpaired) electrons. The second kappa shape index (κ2) is 2.97. The average molecular weight is 153 g/mol. The summed E-state index contributed by atoms with van der Waals surface area (Å²) < 4.78 is 0. The molecule has 0 atom stereocenters. The fraction of sp³-hybridized carbons (Fsp3) is 0.375. The third kappa shape index (κ3) is 1.27. The third-order valence-electron chi connectivity index (χ3n) is 1.47. The van der Waals surface area contributed by atoms with Crippen LogP contribution < -0.4 is 0 Å².